The van der Waals surface area contributed by atoms with Crippen molar-refractivity contribution in [1.82, 2.24) is 15.1 Å². The minimum atomic E-state index is -0.0134. The SMILES string of the molecule is Cc1cnn(CC(=O)N[C@@H](C)Cc2ccc(N(C)C)cc2)c1. The summed E-state index contributed by atoms with van der Waals surface area (Å²) in [6.07, 6.45) is 4.44. The lowest BCUT2D eigenvalue weighted by atomic mass is 10.1. The second kappa shape index (κ2) is 7.11. The molecule has 2 rings (SSSR count). The van der Waals surface area contributed by atoms with Gasteiger partial charge in [-0.3, -0.25) is 9.48 Å². The first-order valence-corrected chi connectivity index (χ1v) is 7.48. The van der Waals surface area contributed by atoms with Crippen molar-refractivity contribution in [3.8, 4) is 0 Å². The van der Waals surface area contributed by atoms with E-state index in [0.29, 0.717) is 0 Å². The molecule has 1 aromatic heterocycles. The molecule has 2 aromatic rings. The summed E-state index contributed by atoms with van der Waals surface area (Å²) in [6.45, 7) is 4.24. The molecule has 22 heavy (non-hydrogen) atoms. The number of carbonyl (C=O) groups excluding carboxylic acids is 1. The lowest BCUT2D eigenvalue weighted by molar-refractivity contribution is -0.122. The molecule has 0 aliphatic rings. The van der Waals surface area contributed by atoms with E-state index in [2.05, 4.69) is 39.6 Å². The van der Waals surface area contributed by atoms with Crippen LogP contribution in [0.2, 0.25) is 0 Å². The van der Waals surface area contributed by atoms with E-state index < -0.39 is 0 Å². The van der Waals surface area contributed by atoms with Crippen LogP contribution in [-0.4, -0.2) is 35.8 Å². The molecule has 0 saturated heterocycles. The average Bonchev–Trinajstić information content (AvgIpc) is 2.84. The van der Waals surface area contributed by atoms with Crippen LogP contribution in [0.25, 0.3) is 0 Å². The Morgan fingerprint density at radius 3 is 2.55 bits per heavy atom. The lowest BCUT2D eigenvalue weighted by Gasteiger charge is -2.16. The second-order valence-corrected chi connectivity index (χ2v) is 5.95. The number of amides is 1. The molecule has 0 unspecified atom stereocenters. The zero-order valence-electron chi connectivity index (χ0n) is 13.7. The normalized spacial score (nSPS) is 12.0. The molecule has 0 saturated carbocycles. The number of benzene rings is 1. The zero-order chi connectivity index (χ0) is 16.1. The van der Waals surface area contributed by atoms with Crippen molar-refractivity contribution in [3.05, 3.63) is 47.8 Å². The lowest BCUT2D eigenvalue weighted by Crippen LogP contribution is -2.36. The number of anilines is 1. The third kappa shape index (κ3) is 4.62. The molecular formula is C17H24N4O. The molecule has 0 bridgehead atoms. The van der Waals surface area contributed by atoms with E-state index in [0.717, 1.165) is 12.0 Å². The summed E-state index contributed by atoms with van der Waals surface area (Å²) in [7, 11) is 4.05. The van der Waals surface area contributed by atoms with Crippen LogP contribution in [0.1, 0.15) is 18.1 Å². The highest BCUT2D eigenvalue weighted by molar-refractivity contribution is 5.75. The number of hydrogen-bond acceptors (Lipinski definition) is 3. The Balaban J connectivity index is 1.84. The van der Waals surface area contributed by atoms with E-state index in [1.54, 1.807) is 10.9 Å². The van der Waals surface area contributed by atoms with Crippen molar-refractivity contribution in [1.29, 1.82) is 0 Å². The Morgan fingerprint density at radius 2 is 2.00 bits per heavy atom. The third-order valence-corrected chi connectivity index (χ3v) is 3.47. The van der Waals surface area contributed by atoms with Gasteiger partial charge in [-0.1, -0.05) is 12.1 Å². The van der Waals surface area contributed by atoms with Crippen molar-refractivity contribution in [2.24, 2.45) is 0 Å². The molecule has 1 atom stereocenters. The van der Waals surface area contributed by atoms with Gasteiger partial charge in [0.15, 0.2) is 0 Å². The van der Waals surface area contributed by atoms with Crippen molar-refractivity contribution >= 4 is 11.6 Å². The van der Waals surface area contributed by atoms with Gasteiger partial charge in [0.2, 0.25) is 5.91 Å². The second-order valence-electron chi connectivity index (χ2n) is 5.95. The van der Waals surface area contributed by atoms with E-state index in [-0.39, 0.29) is 18.5 Å². The standard InChI is InChI=1S/C17H24N4O/c1-13-10-18-21(11-13)12-17(22)19-14(2)9-15-5-7-16(8-6-15)20(3)4/h5-8,10-11,14H,9,12H2,1-4H3,(H,19,22)/t14-/m0/s1. The Morgan fingerprint density at radius 1 is 1.32 bits per heavy atom. The zero-order valence-corrected chi connectivity index (χ0v) is 13.7. The van der Waals surface area contributed by atoms with E-state index in [1.165, 1.54) is 11.3 Å². The monoisotopic (exact) mass is 300 g/mol. The number of nitrogens with one attached hydrogen (secondary N) is 1. The van der Waals surface area contributed by atoms with Crippen LogP contribution < -0.4 is 10.2 Å². The van der Waals surface area contributed by atoms with E-state index in [9.17, 15) is 4.79 Å². The number of hydrogen-bond donors (Lipinski definition) is 1. The molecule has 0 spiro atoms. The van der Waals surface area contributed by atoms with E-state index in [4.69, 9.17) is 0 Å². The van der Waals surface area contributed by atoms with Crippen LogP contribution in [-0.2, 0) is 17.8 Å². The summed E-state index contributed by atoms with van der Waals surface area (Å²) in [4.78, 5) is 14.1. The average molecular weight is 300 g/mol. The minimum absolute atomic E-state index is 0.0134. The Labute approximate surface area is 131 Å². The summed E-state index contributed by atoms with van der Waals surface area (Å²) < 4.78 is 1.66. The highest BCUT2D eigenvalue weighted by Gasteiger charge is 2.09. The third-order valence-electron chi connectivity index (χ3n) is 3.47. The fourth-order valence-electron chi connectivity index (χ4n) is 2.36. The molecule has 0 aliphatic carbocycles. The van der Waals surface area contributed by atoms with Gasteiger partial charge in [-0.25, -0.2) is 0 Å². The molecule has 1 heterocycles. The fraction of sp³-hybridized carbons (Fsp3) is 0.412. The maximum absolute atomic E-state index is 12.0. The predicted molar refractivity (Wildman–Crippen MR) is 89.0 cm³/mol. The largest absolute Gasteiger partial charge is 0.378 e. The van der Waals surface area contributed by atoms with Crippen molar-refractivity contribution in [2.75, 3.05) is 19.0 Å². The molecule has 0 fully saturated rings. The summed E-state index contributed by atoms with van der Waals surface area (Å²) in [5.74, 6) is -0.0134. The highest BCUT2D eigenvalue weighted by Crippen LogP contribution is 2.13. The van der Waals surface area contributed by atoms with E-state index >= 15 is 0 Å². The van der Waals surface area contributed by atoms with Gasteiger partial charge < -0.3 is 10.2 Å². The van der Waals surface area contributed by atoms with Crippen LogP contribution in [0.4, 0.5) is 5.69 Å². The van der Waals surface area contributed by atoms with Gasteiger partial charge in [0.1, 0.15) is 6.54 Å². The van der Waals surface area contributed by atoms with Crippen molar-refractivity contribution in [2.45, 2.75) is 32.9 Å². The molecule has 1 amide bonds. The van der Waals surface area contributed by atoms with Crippen LogP contribution in [0, 0.1) is 6.92 Å². The van der Waals surface area contributed by atoms with Gasteiger partial charge in [0, 0.05) is 32.0 Å². The summed E-state index contributed by atoms with van der Waals surface area (Å²) in [5.41, 5.74) is 3.45. The summed E-state index contributed by atoms with van der Waals surface area (Å²) in [5, 5.41) is 7.14. The number of nitrogens with zero attached hydrogens (tertiary/aromatic N) is 3. The van der Waals surface area contributed by atoms with E-state index in [1.807, 2.05) is 34.1 Å². The first kappa shape index (κ1) is 16.1. The highest BCUT2D eigenvalue weighted by atomic mass is 16.2. The number of aryl methyl sites for hydroxylation is 1. The van der Waals surface area contributed by atoms with Gasteiger partial charge in [0.05, 0.1) is 6.20 Å². The van der Waals surface area contributed by atoms with Crippen molar-refractivity contribution < 1.29 is 4.79 Å². The topological polar surface area (TPSA) is 50.2 Å². The maximum Gasteiger partial charge on any atom is 0.241 e. The number of carbonyl (C=O) groups is 1. The smallest absolute Gasteiger partial charge is 0.241 e. The minimum Gasteiger partial charge on any atom is -0.378 e. The first-order chi connectivity index (χ1) is 10.4. The summed E-state index contributed by atoms with van der Waals surface area (Å²) >= 11 is 0. The molecule has 118 valence electrons. The van der Waals surface area contributed by atoms with Gasteiger partial charge in [-0.2, -0.15) is 5.10 Å². The predicted octanol–water partition coefficient (Wildman–Crippen LogP) is 2.00. The summed E-state index contributed by atoms with van der Waals surface area (Å²) in [6, 6.07) is 8.49. The molecule has 5 nitrogen and oxygen atoms in total. The molecule has 5 heteroatoms. The van der Waals surface area contributed by atoms with Crippen molar-refractivity contribution in [3.63, 3.8) is 0 Å². The molecule has 1 N–H and O–H groups in total. The quantitative estimate of drug-likeness (QED) is 0.888. The van der Waals surface area contributed by atoms with Crippen LogP contribution in [0.3, 0.4) is 0 Å². The number of aromatic nitrogens is 2. The molecule has 1 aromatic carbocycles. The van der Waals surface area contributed by atoms with Gasteiger partial charge >= 0.3 is 0 Å². The molecule has 0 radical (unpaired) electrons. The van der Waals surface area contributed by atoms with Crippen LogP contribution in [0.15, 0.2) is 36.7 Å². The first-order valence-electron chi connectivity index (χ1n) is 7.48. The van der Waals surface area contributed by atoms with Crippen LogP contribution >= 0.6 is 0 Å². The van der Waals surface area contributed by atoms with Gasteiger partial charge in [-0.05, 0) is 43.5 Å². The number of rotatable bonds is 6. The Hall–Kier alpha value is -2.30. The van der Waals surface area contributed by atoms with Gasteiger partial charge in [-0.15, -0.1) is 0 Å². The maximum atomic E-state index is 12.0. The fourth-order valence-corrected chi connectivity index (χ4v) is 2.36. The Bertz CT molecular complexity index is 616. The molecular weight excluding hydrogens is 276 g/mol. The van der Waals surface area contributed by atoms with Crippen LogP contribution in [0.5, 0.6) is 0 Å². The molecule has 0 aliphatic heterocycles. The Kier molecular flexibility index (Phi) is 5.20. The van der Waals surface area contributed by atoms with Gasteiger partial charge in [0.25, 0.3) is 0 Å².